The van der Waals surface area contributed by atoms with Crippen molar-refractivity contribution in [2.75, 3.05) is 33.4 Å². The number of methoxy groups -OCH3 is 1. The van der Waals surface area contributed by atoms with E-state index in [0.717, 1.165) is 38.1 Å². The number of hydrogen-bond acceptors (Lipinski definition) is 4. The van der Waals surface area contributed by atoms with Crippen LogP contribution >= 0.6 is 0 Å². The molecule has 1 fully saturated rings. The summed E-state index contributed by atoms with van der Waals surface area (Å²) in [5.74, 6) is -0.449. The molecule has 1 heterocycles. The molecule has 0 saturated carbocycles. The molecule has 0 aliphatic carbocycles. The summed E-state index contributed by atoms with van der Waals surface area (Å²) in [6.07, 6.45) is 2.03. The van der Waals surface area contributed by atoms with Crippen LogP contribution in [0.15, 0.2) is 29.2 Å². The van der Waals surface area contributed by atoms with Crippen LogP contribution in [0.4, 0.5) is 4.39 Å². The summed E-state index contributed by atoms with van der Waals surface area (Å²) in [5, 5.41) is 0. The van der Waals surface area contributed by atoms with Gasteiger partial charge in [-0.25, -0.2) is 17.5 Å². The first-order valence-corrected chi connectivity index (χ1v) is 8.49. The highest BCUT2D eigenvalue weighted by atomic mass is 32.2. The van der Waals surface area contributed by atoms with Gasteiger partial charge in [0.1, 0.15) is 5.82 Å². The number of hydrogen-bond donors (Lipinski definition) is 1. The Morgan fingerprint density at radius 1 is 1.38 bits per heavy atom. The maximum Gasteiger partial charge on any atom is 0.240 e. The Labute approximate surface area is 125 Å². The molecule has 21 heavy (non-hydrogen) atoms. The van der Waals surface area contributed by atoms with Crippen molar-refractivity contribution in [3.63, 3.8) is 0 Å². The van der Waals surface area contributed by atoms with E-state index in [9.17, 15) is 12.8 Å². The lowest BCUT2D eigenvalue weighted by atomic mass is 10.2. The molecule has 0 bridgehead atoms. The summed E-state index contributed by atoms with van der Waals surface area (Å²) in [7, 11) is -1.93. The molecular weight excluding hydrogens is 295 g/mol. The van der Waals surface area contributed by atoms with Gasteiger partial charge in [0, 0.05) is 26.2 Å². The van der Waals surface area contributed by atoms with Crippen molar-refractivity contribution < 1.29 is 17.5 Å². The van der Waals surface area contributed by atoms with Gasteiger partial charge in [-0.05, 0) is 43.7 Å². The van der Waals surface area contributed by atoms with Crippen LogP contribution in [0.25, 0.3) is 0 Å². The summed E-state index contributed by atoms with van der Waals surface area (Å²) >= 11 is 0. The van der Waals surface area contributed by atoms with Crippen molar-refractivity contribution in [1.29, 1.82) is 0 Å². The first-order chi connectivity index (χ1) is 10.0. The van der Waals surface area contributed by atoms with Crippen LogP contribution < -0.4 is 4.72 Å². The highest BCUT2D eigenvalue weighted by Gasteiger charge is 2.25. The first kappa shape index (κ1) is 16.4. The molecule has 1 aromatic rings. The third-order valence-corrected chi connectivity index (χ3v) is 5.15. The van der Waals surface area contributed by atoms with Crippen molar-refractivity contribution in [3.05, 3.63) is 30.1 Å². The topological polar surface area (TPSA) is 58.6 Å². The second-order valence-corrected chi connectivity index (χ2v) is 6.90. The Morgan fingerprint density at radius 3 is 2.76 bits per heavy atom. The SMILES string of the molecule is COCCN1CCCC1CNS(=O)(=O)c1ccc(F)cc1. The number of likely N-dealkylation sites (tertiary alicyclic amines) is 1. The van der Waals surface area contributed by atoms with E-state index in [2.05, 4.69) is 9.62 Å². The van der Waals surface area contributed by atoms with Gasteiger partial charge in [-0.2, -0.15) is 0 Å². The third-order valence-electron chi connectivity index (χ3n) is 3.71. The average Bonchev–Trinajstić information content (AvgIpc) is 2.91. The van der Waals surface area contributed by atoms with Crippen molar-refractivity contribution in [1.82, 2.24) is 9.62 Å². The molecule has 0 radical (unpaired) electrons. The number of sulfonamides is 1. The molecule has 1 N–H and O–H groups in total. The largest absolute Gasteiger partial charge is 0.383 e. The maximum absolute atomic E-state index is 12.8. The molecule has 1 saturated heterocycles. The monoisotopic (exact) mass is 316 g/mol. The molecule has 2 rings (SSSR count). The van der Waals surface area contributed by atoms with E-state index >= 15 is 0 Å². The maximum atomic E-state index is 12.8. The van der Waals surface area contributed by atoms with Gasteiger partial charge in [-0.15, -0.1) is 0 Å². The van der Waals surface area contributed by atoms with Gasteiger partial charge in [-0.3, -0.25) is 4.90 Å². The molecular formula is C14H21FN2O3S. The fraction of sp³-hybridized carbons (Fsp3) is 0.571. The Morgan fingerprint density at radius 2 is 2.10 bits per heavy atom. The van der Waals surface area contributed by atoms with Gasteiger partial charge in [0.2, 0.25) is 10.0 Å². The number of nitrogens with one attached hydrogen (secondary N) is 1. The van der Waals surface area contributed by atoms with Gasteiger partial charge in [-0.1, -0.05) is 0 Å². The van der Waals surface area contributed by atoms with E-state index < -0.39 is 15.8 Å². The Balaban J connectivity index is 1.93. The molecule has 1 aromatic carbocycles. The van der Waals surface area contributed by atoms with E-state index in [1.54, 1.807) is 7.11 Å². The van der Waals surface area contributed by atoms with Gasteiger partial charge in [0.15, 0.2) is 0 Å². The molecule has 1 atom stereocenters. The van der Waals surface area contributed by atoms with Crippen LogP contribution in [0.1, 0.15) is 12.8 Å². The van der Waals surface area contributed by atoms with Crippen LogP contribution in [0.3, 0.4) is 0 Å². The van der Waals surface area contributed by atoms with Gasteiger partial charge in [0.05, 0.1) is 11.5 Å². The van der Waals surface area contributed by atoms with Crippen LogP contribution in [0.5, 0.6) is 0 Å². The summed E-state index contributed by atoms with van der Waals surface area (Å²) in [6.45, 7) is 2.77. The smallest absolute Gasteiger partial charge is 0.240 e. The van der Waals surface area contributed by atoms with Crippen LogP contribution in [0.2, 0.25) is 0 Å². The lowest BCUT2D eigenvalue weighted by molar-refractivity contribution is 0.141. The zero-order valence-corrected chi connectivity index (χ0v) is 12.9. The summed E-state index contributed by atoms with van der Waals surface area (Å²) in [4.78, 5) is 2.32. The van der Waals surface area contributed by atoms with E-state index in [1.165, 1.54) is 12.1 Å². The minimum atomic E-state index is -3.58. The van der Waals surface area contributed by atoms with Crippen LogP contribution in [-0.4, -0.2) is 52.7 Å². The molecule has 0 aromatic heterocycles. The standard InChI is InChI=1S/C14H21FN2O3S/c1-20-10-9-17-8-2-3-13(17)11-16-21(18,19)14-6-4-12(15)5-7-14/h4-7,13,16H,2-3,8-11H2,1H3. The van der Waals surface area contributed by atoms with Gasteiger partial charge < -0.3 is 4.74 Å². The minimum Gasteiger partial charge on any atom is -0.383 e. The first-order valence-electron chi connectivity index (χ1n) is 7.01. The third kappa shape index (κ3) is 4.47. The molecule has 1 aliphatic heterocycles. The van der Waals surface area contributed by atoms with Crippen LogP contribution in [-0.2, 0) is 14.8 Å². The quantitative estimate of drug-likeness (QED) is 0.821. The molecule has 118 valence electrons. The molecule has 1 unspecified atom stereocenters. The number of rotatable bonds is 7. The van der Waals surface area contributed by atoms with Crippen molar-refractivity contribution in [2.24, 2.45) is 0 Å². The highest BCUT2D eigenvalue weighted by Crippen LogP contribution is 2.17. The number of halogens is 1. The summed E-state index contributed by atoms with van der Waals surface area (Å²) in [5.41, 5.74) is 0. The van der Waals surface area contributed by atoms with Crippen molar-refractivity contribution in [3.8, 4) is 0 Å². The lowest BCUT2D eigenvalue weighted by Crippen LogP contribution is -2.41. The predicted molar refractivity (Wildman–Crippen MR) is 78.1 cm³/mol. The highest BCUT2D eigenvalue weighted by molar-refractivity contribution is 7.89. The second kappa shape index (κ2) is 7.31. The van der Waals surface area contributed by atoms with Crippen LogP contribution in [0, 0.1) is 5.82 Å². The Kier molecular flexibility index (Phi) is 5.69. The minimum absolute atomic E-state index is 0.0883. The Bertz CT molecular complexity index is 548. The van der Waals surface area contributed by atoms with Gasteiger partial charge in [0.25, 0.3) is 0 Å². The van der Waals surface area contributed by atoms with E-state index in [1.807, 2.05) is 0 Å². The van der Waals surface area contributed by atoms with E-state index in [0.29, 0.717) is 13.2 Å². The number of ether oxygens (including phenoxy) is 1. The molecule has 5 nitrogen and oxygen atoms in total. The number of nitrogens with zero attached hydrogens (tertiary/aromatic N) is 1. The number of benzene rings is 1. The fourth-order valence-corrected chi connectivity index (χ4v) is 3.61. The molecule has 0 amide bonds. The van der Waals surface area contributed by atoms with Crippen molar-refractivity contribution in [2.45, 2.75) is 23.8 Å². The van der Waals surface area contributed by atoms with Crippen molar-refractivity contribution >= 4 is 10.0 Å². The fourth-order valence-electron chi connectivity index (χ4n) is 2.53. The van der Waals surface area contributed by atoms with E-state index in [-0.39, 0.29) is 10.9 Å². The Hall–Kier alpha value is -1.02. The van der Waals surface area contributed by atoms with E-state index in [4.69, 9.17) is 4.74 Å². The molecule has 7 heteroatoms. The molecule has 1 aliphatic rings. The van der Waals surface area contributed by atoms with Gasteiger partial charge >= 0.3 is 0 Å². The summed E-state index contributed by atoms with van der Waals surface area (Å²) < 4.78 is 44.8. The second-order valence-electron chi connectivity index (χ2n) is 5.13. The zero-order valence-electron chi connectivity index (χ0n) is 12.1. The normalized spacial score (nSPS) is 20.0. The summed E-state index contributed by atoms with van der Waals surface area (Å²) in [6, 6.07) is 5.03. The zero-order chi connectivity index (χ0) is 15.3. The molecule has 0 spiro atoms. The average molecular weight is 316 g/mol. The predicted octanol–water partition coefficient (Wildman–Crippen LogP) is 1.21. The lowest BCUT2D eigenvalue weighted by Gasteiger charge is -2.24.